The number of carbonyl (C=O) groups is 5. The number of nitrogens with zero attached hydrogens (tertiary/aromatic N) is 5. The van der Waals surface area contributed by atoms with Gasteiger partial charge in [-0.2, -0.15) is 0 Å². The van der Waals surface area contributed by atoms with Crippen LogP contribution in [0.5, 0.6) is 5.75 Å². The van der Waals surface area contributed by atoms with Gasteiger partial charge in [0.2, 0.25) is 17.5 Å². The summed E-state index contributed by atoms with van der Waals surface area (Å²) < 4.78 is 6.48. The second kappa shape index (κ2) is 14.2. The van der Waals surface area contributed by atoms with Gasteiger partial charge in [0.05, 0.1) is 22.7 Å². The number of rotatable bonds is 6. The largest absolute Gasteiger partial charge is 0.489 e. The Morgan fingerprint density at radius 3 is 2.25 bits per heavy atom. The summed E-state index contributed by atoms with van der Waals surface area (Å²) in [5.41, 5.74) is 3.81. The number of benzene rings is 3. The van der Waals surface area contributed by atoms with Gasteiger partial charge in [-0.1, -0.05) is 57.2 Å². The van der Waals surface area contributed by atoms with Crippen molar-refractivity contribution in [1.29, 1.82) is 0 Å². The Balaban J connectivity index is 0.776. The van der Waals surface area contributed by atoms with Gasteiger partial charge in [0.25, 0.3) is 17.7 Å². The van der Waals surface area contributed by atoms with Crippen molar-refractivity contribution in [2.75, 3.05) is 31.1 Å². The normalized spacial score (nSPS) is 25.1. The minimum atomic E-state index is -0.979. The highest BCUT2D eigenvalue weighted by Gasteiger charge is 2.67. The molecule has 3 saturated heterocycles. The molecule has 12 nitrogen and oxygen atoms in total. The van der Waals surface area contributed by atoms with Crippen LogP contribution in [0.3, 0.4) is 0 Å². The number of imide groups is 2. The van der Waals surface area contributed by atoms with Crippen molar-refractivity contribution in [2.45, 2.75) is 84.2 Å². The van der Waals surface area contributed by atoms with E-state index in [1.54, 1.807) is 30.3 Å². The van der Waals surface area contributed by atoms with E-state index in [1.807, 2.05) is 23.1 Å². The summed E-state index contributed by atoms with van der Waals surface area (Å²) >= 11 is 6.30. The predicted molar refractivity (Wildman–Crippen MR) is 220 cm³/mol. The minimum Gasteiger partial charge on any atom is -0.489 e. The van der Waals surface area contributed by atoms with Gasteiger partial charge in [-0.15, -0.1) is 0 Å². The molecule has 5 heterocycles. The summed E-state index contributed by atoms with van der Waals surface area (Å²) in [5.74, 6) is 5.80. The van der Waals surface area contributed by atoms with Crippen LogP contribution in [0.15, 0.2) is 54.6 Å². The summed E-state index contributed by atoms with van der Waals surface area (Å²) in [6.45, 7) is 19.8. The lowest BCUT2D eigenvalue weighted by Crippen LogP contribution is -2.74. The number of hydrogen-bond acceptors (Lipinski definition) is 8. The van der Waals surface area contributed by atoms with Crippen LogP contribution in [-0.4, -0.2) is 94.6 Å². The Morgan fingerprint density at radius 1 is 0.847 bits per heavy atom. The molecule has 0 aromatic heterocycles. The van der Waals surface area contributed by atoms with Crippen LogP contribution in [0.1, 0.15) is 95.6 Å². The molecule has 4 fully saturated rings. The molecular formula is C46H45ClN6O6. The molecule has 1 saturated carbocycles. The van der Waals surface area contributed by atoms with Gasteiger partial charge in [-0.05, 0) is 73.4 Å². The fraction of sp³-hybridized carbons (Fsp3) is 0.435. The van der Waals surface area contributed by atoms with Gasteiger partial charge in [0, 0.05) is 84.8 Å². The minimum absolute atomic E-state index is 0.0328. The highest BCUT2D eigenvalue weighted by Crippen LogP contribution is 2.59. The highest BCUT2D eigenvalue weighted by atomic mass is 35.5. The van der Waals surface area contributed by atoms with E-state index in [9.17, 15) is 24.0 Å². The Hall–Kier alpha value is -5.69. The van der Waals surface area contributed by atoms with E-state index < -0.39 is 29.7 Å². The van der Waals surface area contributed by atoms with E-state index in [4.69, 9.17) is 22.9 Å². The highest BCUT2D eigenvalue weighted by molar-refractivity contribution is 6.33. The van der Waals surface area contributed by atoms with Crippen molar-refractivity contribution in [1.82, 2.24) is 20.0 Å². The van der Waals surface area contributed by atoms with Crippen molar-refractivity contribution in [3.63, 3.8) is 0 Å². The number of amides is 5. The predicted octanol–water partition coefficient (Wildman–Crippen LogP) is 6.08. The molecule has 5 amide bonds. The van der Waals surface area contributed by atoms with Crippen LogP contribution < -0.4 is 15.0 Å². The fourth-order valence-corrected chi connectivity index (χ4v) is 11.1. The van der Waals surface area contributed by atoms with Crippen LogP contribution in [0.2, 0.25) is 5.02 Å². The van der Waals surface area contributed by atoms with Gasteiger partial charge >= 0.3 is 0 Å². The molecule has 0 spiro atoms. The van der Waals surface area contributed by atoms with Crippen LogP contribution >= 0.6 is 11.6 Å². The first-order valence-corrected chi connectivity index (χ1v) is 20.7. The maximum absolute atomic E-state index is 13.8. The van der Waals surface area contributed by atoms with E-state index in [0.29, 0.717) is 34.6 Å². The molecule has 3 aromatic carbocycles. The summed E-state index contributed by atoms with van der Waals surface area (Å²) in [6, 6.07) is 15.8. The molecule has 6 aliphatic rings. The Labute approximate surface area is 348 Å². The molecule has 0 radical (unpaired) electrons. The number of ether oxygens (including phenoxy) is 1. The molecule has 59 heavy (non-hydrogen) atoms. The summed E-state index contributed by atoms with van der Waals surface area (Å²) in [7, 11) is 0. The summed E-state index contributed by atoms with van der Waals surface area (Å²) in [6.07, 6.45) is 1.98. The zero-order valence-corrected chi connectivity index (χ0v) is 34.3. The molecule has 0 bridgehead atoms. The molecular weight excluding hydrogens is 768 g/mol. The second-order valence-electron chi connectivity index (χ2n) is 17.9. The van der Waals surface area contributed by atoms with Gasteiger partial charge in [-0.3, -0.25) is 39.1 Å². The SMILES string of the molecule is [C-]#[N+]c1ccc(OC2C(C)(C)C(N3Cc4cc(C#CC5CN(C6CCN(c7ccc8c(c7)C(=O)N(C7CCC(=O)NC7=O)C8=O)CC6)C5)ccc4C3=O)C2(C)C)cc1Cl. The lowest BCUT2D eigenvalue weighted by molar-refractivity contribution is -0.199. The average molecular weight is 813 g/mol. The summed E-state index contributed by atoms with van der Waals surface area (Å²) in [5, 5.41) is 2.60. The third-order valence-corrected chi connectivity index (χ3v) is 13.7. The maximum Gasteiger partial charge on any atom is 0.262 e. The average Bonchev–Trinajstić information content (AvgIpc) is 3.63. The van der Waals surface area contributed by atoms with E-state index in [0.717, 1.165) is 66.3 Å². The molecule has 302 valence electrons. The second-order valence-corrected chi connectivity index (χ2v) is 18.3. The number of halogens is 1. The number of fused-ring (bicyclic) bond motifs is 2. The molecule has 5 aliphatic heterocycles. The lowest BCUT2D eigenvalue weighted by atomic mass is 9.49. The molecule has 9 rings (SSSR count). The monoisotopic (exact) mass is 812 g/mol. The summed E-state index contributed by atoms with van der Waals surface area (Å²) in [4.78, 5) is 75.5. The Morgan fingerprint density at radius 2 is 1.56 bits per heavy atom. The van der Waals surface area contributed by atoms with E-state index in [1.165, 1.54) is 0 Å². The van der Waals surface area contributed by atoms with Crippen molar-refractivity contribution in [3.8, 4) is 17.6 Å². The van der Waals surface area contributed by atoms with Gasteiger partial charge in [0.15, 0.2) is 0 Å². The number of anilines is 1. The Bertz CT molecular complexity index is 2430. The Kier molecular flexibility index (Phi) is 9.37. The van der Waals surface area contributed by atoms with Gasteiger partial charge in [0.1, 0.15) is 17.9 Å². The van der Waals surface area contributed by atoms with Crippen molar-refractivity contribution < 1.29 is 28.7 Å². The first kappa shape index (κ1) is 38.8. The number of hydrogen-bond donors (Lipinski definition) is 1. The molecule has 1 atom stereocenters. The molecule has 3 aromatic rings. The van der Waals surface area contributed by atoms with Crippen molar-refractivity contribution in [3.05, 3.63) is 98.9 Å². The smallest absolute Gasteiger partial charge is 0.262 e. The van der Waals surface area contributed by atoms with E-state index in [2.05, 4.69) is 65.6 Å². The lowest BCUT2D eigenvalue weighted by Gasteiger charge is -2.65. The fourth-order valence-electron chi connectivity index (χ4n) is 10.9. The van der Waals surface area contributed by atoms with Gasteiger partial charge in [-0.25, -0.2) is 4.85 Å². The van der Waals surface area contributed by atoms with Crippen LogP contribution in [0, 0.1) is 35.2 Å². The standard InChI is InChI=1S/C46H45ClN6O6/c1-45(2)43(46(3,4)44(45)59-31-10-13-36(48-5)35(47)22-31)52-25-28-20-26(8-11-32(28)40(52)56)6-7-27-23-51(24-27)29-16-18-50(19-17-29)30-9-12-33-34(21-30)42(58)53(41(33)57)37-14-15-38(54)49-39(37)55/h8-13,20-22,27,29,37,43-44H,14-19,23-25H2,1-4H3,(H,49,54,55). The molecule has 1 unspecified atom stereocenters. The molecule has 1 aliphatic carbocycles. The van der Waals surface area contributed by atoms with Crippen LogP contribution in [0.25, 0.3) is 4.85 Å². The van der Waals surface area contributed by atoms with Crippen LogP contribution in [-0.2, 0) is 16.1 Å². The first-order valence-electron chi connectivity index (χ1n) is 20.3. The number of nitrogens with one attached hydrogen (secondary N) is 1. The molecule has 1 N–H and O–H groups in total. The van der Waals surface area contributed by atoms with Gasteiger partial charge < -0.3 is 14.5 Å². The van der Waals surface area contributed by atoms with Crippen LogP contribution in [0.4, 0.5) is 11.4 Å². The molecule has 13 heteroatoms. The third kappa shape index (κ3) is 6.45. The maximum atomic E-state index is 13.8. The first-order chi connectivity index (χ1) is 28.1. The van der Waals surface area contributed by atoms with E-state index in [-0.39, 0.29) is 53.2 Å². The number of carbonyl (C=O) groups excluding carboxylic acids is 5. The quantitative estimate of drug-likeness (QED) is 0.181. The third-order valence-electron chi connectivity index (χ3n) is 13.4. The van der Waals surface area contributed by atoms with Crippen molar-refractivity contribution >= 4 is 52.5 Å². The van der Waals surface area contributed by atoms with E-state index >= 15 is 0 Å². The van der Waals surface area contributed by atoms with Crippen molar-refractivity contribution in [2.24, 2.45) is 16.7 Å². The number of piperidine rings is 2. The zero-order chi connectivity index (χ0) is 41.5. The topological polar surface area (TPSA) is 124 Å². The zero-order valence-electron chi connectivity index (χ0n) is 33.5. The number of likely N-dealkylation sites (tertiary alicyclic amines) is 1.